The highest BCUT2D eigenvalue weighted by Crippen LogP contribution is 2.36. The van der Waals surface area contributed by atoms with E-state index in [-0.39, 0.29) is 5.92 Å². The van der Waals surface area contributed by atoms with E-state index in [9.17, 15) is 5.11 Å². The number of aromatic nitrogens is 1. The number of halogens is 1. The lowest BCUT2D eigenvalue weighted by Gasteiger charge is -2.17. The first kappa shape index (κ1) is 12.6. The average molecular weight is 320 g/mol. The van der Waals surface area contributed by atoms with Crippen LogP contribution in [-0.4, -0.2) is 22.8 Å². The summed E-state index contributed by atoms with van der Waals surface area (Å²) in [5.74, 6) is 0.925. The highest BCUT2D eigenvalue weighted by atomic mass is 79.9. The van der Waals surface area contributed by atoms with E-state index in [0.717, 1.165) is 21.3 Å². The molecular formula is C15H14BrNO2. The van der Waals surface area contributed by atoms with E-state index in [4.69, 9.17) is 4.74 Å². The van der Waals surface area contributed by atoms with Crippen LogP contribution in [-0.2, 0) is 6.42 Å². The lowest BCUT2D eigenvalue weighted by molar-refractivity contribution is 0.129. The summed E-state index contributed by atoms with van der Waals surface area (Å²) in [6, 6.07) is 9.88. The number of pyridine rings is 1. The van der Waals surface area contributed by atoms with Gasteiger partial charge in [0.2, 0.25) is 0 Å². The smallest absolute Gasteiger partial charge is 0.123 e. The minimum atomic E-state index is -0.459. The second-order valence-corrected chi connectivity index (χ2v) is 5.65. The third-order valence-corrected chi connectivity index (χ3v) is 3.84. The highest BCUT2D eigenvalue weighted by molar-refractivity contribution is 9.10. The van der Waals surface area contributed by atoms with Gasteiger partial charge >= 0.3 is 0 Å². The third kappa shape index (κ3) is 2.65. The molecule has 4 heteroatoms. The Kier molecular flexibility index (Phi) is 3.53. The maximum absolute atomic E-state index is 10.4. The first-order chi connectivity index (χ1) is 9.24. The normalized spacial score (nSPS) is 18.7. The molecule has 2 heterocycles. The zero-order valence-corrected chi connectivity index (χ0v) is 11.9. The fourth-order valence-corrected chi connectivity index (χ4v) is 2.87. The Morgan fingerprint density at radius 2 is 2.21 bits per heavy atom. The van der Waals surface area contributed by atoms with E-state index in [1.807, 2.05) is 30.3 Å². The molecule has 1 aromatic carbocycles. The molecule has 0 spiro atoms. The van der Waals surface area contributed by atoms with Crippen molar-refractivity contribution in [2.75, 3.05) is 6.61 Å². The summed E-state index contributed by atoms with van der Waals surface area (Å²) in [6.45, 7) is 0.544. The molecule has 1 aliphatic rings. The number of aliphatic hydroxyl groups excluding tert-OH is 1. The van der Waals surface area contributed by atoms with Crippen LogP contribution in [0.5, 0.6) is 5.75 Å². The van der Waals surface area contributed by atoms with Gasteiger partial charge in [0, 0.05) is 34.8 Å². The number of benzene rings is 1. The maximum atomic E-state index is 10.4. The van der Waals surface area contributed by atoms with Crippen molar-refractivity contribution in [3.63, 3.8) is 0 Å². The summed E-state index contributed by atoms with van der Waals surface area (Å²) in [7, 11) is 0. The topological polar surface area (TPSA) is 42.4 Å². The average Bonchev–Trinajstić information content (AvgIpc) is 2.82. The molecule has 2 unspecified atom stereocenters. The van der Waals surface area contributed by atoms with Gasteiger partial charge in [-0.2, -0.15) is 0 Å². The first-order valence-electron chi connectivity index (χ1n) is 6.23. The van der Waals surface area contributed by atoms with E-state index in [1.165, 1.54) is 0 Å². The Labute approximate surface area is 120 Å². The second-order valence-electron chi connectivity index (χ2n) is 4.74. The van der Waals surface area contributed by atoms with Crippen molar-refractivity contribution in [2.24, 2.45) is 0 Å². The Morgan fingerprint density at radius 1 is 1.37 bits per heavy atom. The van der Waals surface area contributed by atoms with Gasteiger partial charge in [0.25, 0.3) is 0 Å². The van der Waals surface area contributed by atoms with E-state index >= 15 is 0 Å². The van der Waals surface area contributed by atoms with Gasteiger partial charge in [0.15, 0.2) is 0 Å². The fraction of sp³-hybridized carbons (Fsp3) is 0.267. The molecule has 0 radical (unpaired) electrons. The number of hydrogen-bond acceptors (Lipinski definition) is 3. The monoisotopic (exact) mass is 319 g/mol. The number of rotatable bonds is 3. The van der Waals surface area contributed by atoms with Crippen LogP contribution in [0.4, 0.5) is 0 Å². The fourth-order valence-electron chi connectivity index (χ4n) is 2.46. The standard InChI is InChI=1S/C15H14BrNO2/c16-11-5-10(7-17-8-11)6-14(18)13-9-19-15-4-2-1-3-12(13)15/h1-5,7-8,13-14,18H,6,9H2. The molecule has 2 atom stereocenters. The minimum absolute atomic E-state index is 0.0372. The molecule has 1 aromatic heterocycles. The lowest BCUT2D eigenvalue weighted by atomic mass is 9.92. The van der Waals surface area contributed by atoms with Crippen LogP contribution in [0.1, 0.15) is 17.0 Å². The van der Waals surface area contributed by atoms with Crippen molar-refractivity contribution in [1.29, 1.82) is 0 Å². The lowest BCUT2D eigenvalue weighted by Crippen LogP contribution is -2.22. The summed E-state index contributed by atoms with van der Waals surface area (Å²) < 4.78 is 6.54. The third-order valence-electron chi connectivity index (χ3n) is 3.41. The van der Waals surface area contributed by atoms with Gasteiger partial charge in [0.05, 0.1) is 12.7 Å². The van der Waals surface area contributed by atoms with Crippen LogP contribution < -0.4 is 4.74 Å². The van der Waals surface area contributed by atoms with E-state index < -0.39 is 6.10 Å². The predicted molar refractivity (Wildman–Crippen MR) is 76.3 cm³/mol. The molecule has 3 nitrogen and oxygen atoms in total. The molecule has 1 N–H and O–H groups in total. The van der Waals surface area contributed by atoms with E-state index in [2.05, 4.69) is 20.9 Å². The molecular weight excluding hydrogens is 306 g/mol. The van der Waals surface area contributed by atoms with Crippen LogP contribution in [0.25, 0.3) is 0 Å². The second kappa shape index (κ2) is 5.31. The van der Waals surface area contributed by atoms with Gasteiger partial charge in [-0.15, -0.1) is 0 Å². The molecule has 0 bridgehead atoms. The Morgan fingerprint density at radius 3 is 3.05 bits per heavy atom. The summed E-state index contributed by atoms with van der Waals surface area (Å²) in [4.78, 5) is 4.12. The number of aliphatic hydroxyl groups is 1. The summed E-state index contributed by atoms with van der Waals surface area (Å²) in [6.07, 6.45) is 3.65. The molecule has 1 aliphatic heterocycles. The molecule has 0 saturated carbocycles. The van der Waals surface area contributed by atoms with E-state index in [0.29, 0.717) is 13.0 Å². The van der Waals surface area contributed by atoms with Gasteiger partial charge in [-0.05, 0) is 33.6 Å². The Hall–Kier alpha value is -1.39. The van der Waals surface area contributed by atoms with Crippen molar-refractivity contribution in [1.82, 2.24) is 4.98 Å². The summed E-state index contributed by atoms with van der Waals surface area (Å²) in [5, 5.41) is 10.4. The maximum Gasteiger partial charge on any atom is 0.123 e. The zero-order chi connectivity index (χ0) is 13.2. The van der Waals surface area contributed by atoms with Crippen LogP contribution >= 0.6 is 15.9 Å². The zero-order valence-electron chi connectivity index (χ0n) is 10.3. The molecule has 98 valence electrons. The molecule has 19 heavy (non-hydrogen) atoms. The van der Waals surface area contributed by atoms with Crippen LogP contribution in [0.15, 0.2) is 47.2 Å². The van der Waals surface area contributed by atoms with Crippen molar-refractivity contribution in [3.05, 3.63) is 58.3 Å². The van der Waals surface area contributed by atoms with Crippen LogP contribution in [0.3, 0.4) is 0 Å². The SMILES string of the molecule is OC(Cc1cncc(Br)c1)C1COc2ccccc21. The van der Waals surface area contributed by atoms with Gasteiger partial charge in [-0.25, -0.2) is 0 Å². The number of nitrogens with zero attached hydrogens (tertiary/aromatic N) is 1. The van der Waals surface area contributed by atoms with Gasteiger partial charge in [0.1, 0.15) is 5.75 Å². The minimum Gasteiger partial charge on any atom is -0.493 e. The predicted octanol–water partition coefficient (Wildman–Crippen LogP) is 2.92. The summed E-state index contributed by atoms with van der Waals surface area (Å²) >= 11 is 3.39. The van der Waals surface area contributed by atoms with Crippen molar-refractivity contribution >= 4 is 15.9 Å². The molecule has 0 amide bonds. The molecule has 3 rings (SSSR count). The number of fused-ring (bicyclic) bond motifs is 1. The van der Waals surface area contributed by atoms with Crippen LogP contribution in [0.2, 0.25) is 0 Å². The molecule has 0 saturated heterocycles. The molecule has 2 aromatic rings. The Bertz CT molecular complexity index is 588. The Balaban J connectivity index is 1.77. The van der Waals surface area contributed by atoms with Crippen molar-refractivity contribution in [2.45, 2.75) is 18.4 Å². The van der Waals surface area contributed by atoms with Gasteiger partial charge in [-0.3, -0.25) is 4.98 Å². The molecule has 0 fully saturated rings. The number of para-hydroxylation sites is 1. The summed E-state index contributed by atoms with van der Waals surface area (Å²) in [5.41, 5.74) is 2.12. The van der Waals surface area contributed by atoms with E-state index in [1.54, 1.807) is 12.4 Å². The molecule has 0 aliphatic carbocycles. The van der Waals surface area contributed by atoms with Crippen molar-refractivity contribution < 1.29 is 9.84 Å². The largest absolute Gasteiger partial charge is 0.493 e. The number of ether oxygens (including phenoxy) is 1. The van der Waals surface area contributed by atoms with Gasteiger partial charge < -0.3 is 9.84 Å². The quantitative estimate of drug-likeness (QED) is 0.945. The van der Waals surface area contributed by atoms with Crippen molar-refractivity contribution in [3.8, 4) is 5.75 Å². The highest BCUT2D eigenvalue weighted by Gasteiger charge is 2.30. The number of hydrogen-bond donors (Lipinski definition) is 1. The van der Waals surface area contributed by atoms with Gasteiger partial charge in [-0.1, -0.05) is 18.2 Å². The van der Waals surface area contributed by atoms with Crippen LogP contribution in [0, 0.1) is 0 Å². The first-order valence-corrected chi connectivity index (χ1v) is 7.02.